The van der Waals surface area contributed by atoms with Gasteiger partial charge in [0.1, 0.15) is 0 Å². The van der Waals surface area contributed by atoms with Crippen molar-refractivity contribution in [2.24, 2.45) is 0 Å². The molecular weight excluding hydrogens is 246 g/mol. The molecule has 1 aliphatic rings. The Labute approximate surface area is 123 Å². The van der Waals surface area contributed by atoms with Gasteiger partial charge in [-0.05, 0) is 45.3 Å². The second-order valence-electron chi connectivity index (χ2n) is 6.06. The molecule has 2 rings (SSSR count). The monoisotopic (exact) mass is 273 g/mol. The fraction of sp³-hybridized carbons (Fsp3) is 0.611. The molecule has 1 saturated carbocycles. The number of rotatable bonds is 5. The van der Waals surface area contributed by atoms with Crippen LogP contribution in [0.25, 0.3) is 0 Å². The summed E-state index contributed by atoms with van der Waals surface area (Å²) in [7, 11) is 0. The summed E-state index contributed by atoms with van der Waals surface area (Å²) >= 11 is 0. The van der Waals surface area contributed by atoms with Crippen LogP contribution in [0, 0.1) is 13.8 Å². The van der Waals surface area contributed by atoms with Crippen molar-refractivity contribution in [2.45, 2.75) is 58.9 Å². The molecule has 0 atom stereocenters. The first-order chi connectivity index (χ1) is 9.55. The quantitative estimate of drug-likeness (QED) is 0.751. The minimum Gasteiger partial charge on any atom is -0.292 e. The van der Waals surface area contributed by atoms with Gasteiger partial charge < -0.3 is 0 Å². The second kappa shape index (κ2) is 6.09. The third-order valence-corrected chi connectivity index (χ3v) is 4.85. The number of ketones is 1. The van der Waals surface area contributed by atoms with Gasteiger partial charge in [0.25, 0.3) is 0 Å². The number of carbonyl (C=O) groups is 1. The van der Waals surface area contributed by atoms with Crippen molar-refractivity contribution >= 4 is 5.78 Å². The molecule has 0 aliphatic heterocycles. The molecule has 1 aromatic carbocycles. The summed E-state index contributed by atoms with van der Waals surface area (Å²) in [5.41, 5.74) is 3.02. The molecule has 1 fully saturated rings. The molecular formula is C18H27NO. The van der Waals surface area contributed by atoms with E-state index in [1.807, 2.05) is 6.07 Å². The molecule has 0 N–H and O–H groups in total. The molecule has 0 heterocycles. The van der Waals surface area contributed by atoms with Crippen LogP contribution in [-0.2, 0) is 0 Å². The average molecular weight is 273 g/mol. The third-order valence-electron chi connectivity index (χ3n) is 4.85. The fourth-order valence-electron chi connectivity index (χ4n) is 3.79. The lowest BCUT2D eigenvalue weighted by atomic mass is 9.84. The molecule has 0 amide bonds. The SMILES string of the molecule is CCN(CC)C1(C(=O)c2ccc(C)cc2C)CCCC1. The van der Waals surface area contributed by atoms with E-state index in [-0.39, 0.29) is 5.54 Å². The van der Waals surface area contributed by atoms with E-state index >= 15 is 0 Å². The highest BCUT2D eigenvalue weighted by Gasteiger charge is 2.45. The summed E-state index contributed by atoms with van der Waals surface area (Å²) in [6, 6.07) is 6.21. The first kappa shape index (κ1) is 15.2. The van der Waals surface area contributed by atoms with E-state index in [9.17, 15) is 4.79 Å². The van der Waals surface area contributed by atoms with E-state index in [2.05, 4.69) is 44.7 Å². The molecule has 110 valence electrons. The summed E-state index contributed by atoms with van der Waals surface area (Å²) in [6.07, 6.45) is 4.38. The molecule has 1 aromatic rings. The molecule has 0 spiro atoms. The van der Waals surface area contributed by atoms with Gasteiger partial charge in [0.05, 0.1) is 5.54 Å². The Morgan fingerprint density at radius 3 is 2.25 bits per heavy atom. The zero-order valence-electron chi connectivity index (χ0n) is 13.3. The van der Waals surface area contributed by atoms with Crippen LogP contribution in [0.2, 0.25) is 0 Å². The molecule has 2 heteroatoms. The Kier molecular flexibility index (Phi) is 4.64. The molecule has 20 heavy (non-hydrogen) atoms. The van der Waals surface area contributed by atoms with Crippen LogP contribution in [0.1, 0.15) is 61.0 Å². The molecule has 0 aromatic heterocycles. The number of nitrogens with zero attached hydrogens (tertiary/aromatic N) is 1. The minimum atomic E-state index is -0.247. The Hall–Kier alpha value is -1.15. The van der Waals surface area contributed by atoms with Gasteiger partial charge in [-0.15, -0.1) is 0 Å². The summed E-state index contributed by atoms with van der Waals surface area (Å²) in [5.74, 6) is 0.344. The highest BCUT2D eigenvalue weighted by atomic mass is 16.1. The van der Waals surface area contributed by atoms with E-state index in [1.165, 1.54) is 18.4 Å². The predicted molar refractivity (Wildman–Crippen MR) is 84.4 cm³/mol. The normalized spacial score (nSPS) is 17.6. The van der Waals surface area contributed by atoms with Crippen LogP contribution in [0.15, 0.2) is 18.2 Å². The van der Waals surface area contributed by atoms with Crippen molar-refractivity contribution in [3.05, 3.63) is 34.9 Å². The summed E-state index contributed by atoms with van der Waals surface area (Å²) in [5, 5.41) is 0. The van der Waals surface area contributed by atoms with Crippen molar-refractivity contribution in [3.8, 4) is 0 Å². The molecule has 0 saturated heterocycles. The maximum atomic E-state index is 13.2. The summed E-state index contributed by atoms with van der Waals surface area (Å²) in [4.78, 5) is 15.6. The minimum absolute atomic E-state index is 0.247. The van der Waals surface area contributed by atoms with E-state index < -0.39 is 0 Å². The first-order valence-corrected chi connectivity index (χ1v) is 7.92. The lowest BCUT2D eigenvalue weighted by molar-refractivity contribution is 0.0583. The Morgan fingerprint density at radius 1 is 1.15 bits per heavy atom. The first-order valence-electron chi connectivity index (χ1n) is 7.92. The van der Waals surface area contributed by atoms with Gasteiger partial charge >= 0.3 is 0 Å². The number of hydrogen-bond acceptors (Lipinski definition) is 2. The molecule has 0 unspecified atom stereocenters. The van der Waals surface area contributed by atoms with Gasteiger partial charge in [-0.1, -0.05) is 50.5 Å². The maximum Gasteiger partial charge on any atom is 0.183 e. The molecule has 1 aliphatic carbocycles. The smallest absolute Gasteiger partial charge is 0.183 e. The number of hydrogen-bond donors (Lipinski definition) is 0. The standard InChI is InChI=1S/C18H27NO/c1-5-19(6-2)18(11-7-8-12-18)17(20)16-10-9-14(3)13-15(16)4/h9-10,13H,5-8,11-12H2,1-4H3. The van der Waals surface area contributed by atoms with Crippen LogP contribution >= 0.6 is 0 Å². The van der Waals surface area contributed by atoms with Gasteiger partial charge in [0.15, 0.2) is 5.78 Å². The van der Waals surface area contributed by atoms with E-state index in [1.54, 1.807) is 0 Å². The van der Waals surface area contributed by atoms with Gasteiger partial charge in [0, 0.05) is 5.56 Å². The Balaban J connectivity index is 2.41. The van der Waals surface area contributed by atoms with Crippen molar-refractivity contribution in [1.82, 2.24) is 4.90 Å². The number of likely N-dealkylation sites (N-methyl/N-ethyl adjacent to an activating group) is 1. The number of Topliss-reactive ketones (excluding diaryl/α,β-unsaturated/α-hetero) is 1. The fourth-order valence-corrected chi connectivity index (χ4v) is 3.79. The Bertz CT molecular complexity index is 482. The summed E-state index contributed by atoms with van der Waals surface area (Å²) < 4.78 is 0. The zero-order valence-corrected chi connectivity index (χ0v) is 13.3. The van der Waals surface area contributed by atoms with E-state index in [0.29, 0.717) is 5.78 Å². The molecule has 0 radical (unpaired) electrons. The van der Waals surface area contributed by atoms with Crippen LogP contribution in [0.5, 0.6) is 0 Å². The Morgan fingerprint density at radius 2 is 1.75 bits per heavy atom. The van der Waals surface area contributed by atoms with Crippen molar-refractivity contribution in [3.63, 3.8) is 0 Å². The molecule has 0 bridgehead atoms. The average Bonchev–Trinajstić information content (AvgIpc) is 2.90. The third kappa shape index (κ3) is 2.54. The van der Waals surface area contributed by atoms with Crippen molar-refractivity contribution in [2.75, 3.05) is 13.1 Å². The van der Waals surface area contributed by atoms with Gasteiger partial charge in [-0.3, -0.25) is 9.69 Å². The summed E-state index contributed by atoms with van der Waals surface area (Å²) in [6.45, 7) is 10.4. The lowest BCUT2D eigenvalue weighted by Crippen LogP contribution is -2.52. The van der Waals surface area contributed by atoms with Crippen molar-refractivity contribution < 1.29 is 4.79 Å². The number of aryl methyl sites for hydroxylation is 2. The maximum absolute atomic E-state index is 13.2. The lowest BCUT2D eigenvalue weighted by Gasteiger charge is -2.39. The topological polar surface area (TPSA) is 20.3 Å². The number of benzene rings is 1. The zero-order chi connectivity index (χ0) is 14.8. The van der Waals surface area contributed by atoms with Gasteiger partial charge in [-0.25, -0.2) is 0 Å². The van der Waals surface area contributed by atoms with Crippen LogP contribution in [0.4, 0.5) is 0 Å². The second-order valence-corrected chi connectivity index (χ2v) is 6.06. The van der Waals surface area contributed by atoms with Gasteiger partial charge in [-0.2, -0.15) is 0 Å². The van der Waals surface area contributed by atoms with Crippen LogP contribution in [0.3, 0.4) is 0 Å². The van der Waals surface area contributed by atoms with E-state index in [4.69, 9.17) is 0 Å². The van der Waals surface area contributed by atoms with Crippen molar-refractivity contribution in [1.29, 1.82) is 0 Å². The number of carbonyl (C=O) groups excluding carboxylic acids is 1. The van der Waals surface area contributed by atoms with E-state index in [0.717, 1.165) is 37.1 Å². The molecule has 2 nitrogen and oxygen atoms in total. The highest BCUT2D eigenvalue weighted by Crippen LogP contribution is 2.38. The van der Waals surface area contributed by atoms with Crippen LogP contribution < -0.4 is 0 Å². The van der Waals surface area contributed by atoms with Crippen LogP contribution in [-0.4, -0.2) is 29.3 Å². The highest BCUT2D eigenvalue weighted by molar-refractivity contribution is 6.04. The predicted octanol–water partition coefficient (Wildman–Crippen LogP) is 4.14. The van der Waals surface area contributed by atoms with Gasteiger partial charge in [0.2, 0.25) is 0 Å². The largest absolute Gasteiger partial charge is 0.292 e.